The zero-order chi connectivity index (χ0) is 22.4. The van der Waals surface area contributed by atoms with Crippen LogP contribution in [0.1, 0.15) is 36.1 Å². The molecule has 3 aromatic rings. The van der Waals surface area contributed by atoms with Gasteiger partial charge < -0.3 is 5.11 Å². The molecule has 0 heterocycles. The van der Waals surface area contributed by atoms with Crippen LogP contribution in [0.15, 0.2) is 72.8 Å². The SMILES string of the molecule is C[C@H](c1ccccc1)N(Cc1ccccc1)[C@@H](CC(=O)O)Cc1cc(F)c(F)cc1F. The summed E-state index contributed by atoms with van der Waals surface area (Å²) >= 11 is 0. The van der Waals surface area contributed by atoms with Gasteiger partial charge in [-0.05, 0) is 36.1 Å². The fourth-order valence-electron chi connectivity index (χ4n) is 3.78. The zero-order valence-corrected chi connectivity index (χ0v) is 17.1. The number of hydrogen-bond donors (Lipinski definition) is 1. The lowest BCUT2D eigenvalue weighted by molar-refractivity contribution is -0.138. The lowest BCUT2D eigenvalue weighted by Crippen LogP contribution is -2.40. The van der Waals surface area contributed by atoms with Gasteiger partial charge in [0, 0.05) is 24.7 Å². The van der Waals surface area contributed by atoms with Gasteiger partial charge in [0.05, 0.1) is 6.42 Å². The largest absolute Gasteiger partial charge is 0.481 e. The number of carbonyl (C=O) groups is 1. The molecule has 0 aliphatic rings. The minimum absolute atomic E-state index is 0.0523. The fourth-order valence-corrected chi connectivity index (χ4v) is 3.78. The van der Waals surface area contributed by atoms with Gasteiger partial charge in [0.25, 0.3) is 0 Å². The van der Waals surface area contributed by atoms with Crippen molar-refractivity contribution in [2.24, 2.45) is 0 Å². The molecule has 0 fully saturated rings. The molecule has 0 saturated heterocycles. The standard InChI is InChI=1S/C25H24F3NO2/c1-17(19-10-6-3-7-11-19)29(16-18-8-4-2-5-9-18)21(14-25(30)31)12-20-13-23(27)24(28)15-22(20)26/h2-11,13,15,17,21H,12,14,16H2,1H3,(H,30,31)/t17-,21-/m1/s1. The van der Waals surface area contributed by atoms with E-state index in [1.807, 2.05) is 72.5 Å². The van der Waals surface area contributed by atoms with Crippen molar-refractivity contribution in [3.8, 4) is 0 Å². The van der Waals surface area contributed by atoms with E-state index >= 15 is 0 Å². The molecule has 0 bridgehead atoms. The van der Waals surface area contributed by atoms with Crippen LogP contribution >= 0.6 is 0 Å². The summed E-state index contributed by atoms with van der Waals surface area (Å²) in [5.41, 5.74) is 1.88. The van der Waals surface area contributed by atoms with E-state index in [4.69, 9.17) is 0 Å². The van der Waals surface area contributed by atoms with Crippen molar-refractivity contribution < 1.29 is 23.1 Å². The Labute approximate surface area is 179 Å². The van der Waals surface area contributed by atoms with Crippen LogP contribution in [0.4, 0.5) is 13.2 Å². The summed E-state index contributed by atoms with van der Waals surface area (Å²) < 4.78 is 41.5. The first-order valence-corrected chi connectivity index (χ1v) is 10.0. The summed E-state index contributed by atoms with van der Waals surface area (Å²) in [7, 11) is 0. The Morgan fingerprint density at radius 1 is 0.903 bits per heavy atom. The maximum absolute atomic E-state index is 14.4. The van der Waals surface area contributed by atoms with Gasteiger partial charge in [0.1, 0.15) is 5.82 Å². The summed E-state index contributed by atoms with van der Waals surface area (Å²) in [4.78, 5) is 13.6. The molecule has 2 atom stereocenters. The molecule has 3 rings (SSSR count). The van der Waals surface area contributed by atoms with Gasteiger partial charge in [0.15, 0.2) is 11.6 Å². The van der Waals surface area contributed by atoms with Gasteiger partial charge in [-0.3, -0.25) is 9.69 Å². The first-order valence-electron chi connectivity index (χ1n) is 10.0. The molecule has 0 amide bonds. The molecule has 0 aliphatic heterocycles. The summed E-state index contributed by atoms with van der Waals surface area (Å²) in [5.74, 6) is -4.36. The second kappa shape index (κ2) is 10.3. The highest BCUT2D eigenvalue weighted by atomic mass is 19.2. The first-order chi connectivity index (χ1) is 14.8. The van der Waals surface area contributed by atoms with Crippen LogP contribution < -0.4 is 0 Å². The van der Waals surface area contributed by atoms with Crippen molar-refractivity contribution in [3.05, 3.63) is 107 Å². The molecule has 0 saturated carbocycles. The zero-order valence-electron chi connectivity index (χ0n) is 17.1. The van der Waals surface area contributed by atoms with Crippen molar-refractivity contribution in [2.75, 3.05) is 0 Å². The monoisotopic (exact) mass is 427 g/mol. The first kappa shape index (κ1) is 22.6. The number of carboxylic acids is 1. The molecule has 0 radical (unpaired) electrons. The quantitative estimate of drug-likeness (QED) is 0.442. The third kappa shape index (κ3) is 5.95. The van der Waals surface area contributed by atoms with Crippen molar-refractivity contribution in [3.63, 3.8) is 0 Å². The second-order valence-corrected chi connectivity index (χ2v) is 7.56. The number of hydrogen-bond acceptors (Lipinski definition) is 2. The van der Waals surface area contributed by atoms with Crippen LogP contribution in [0.5, 0.6) is 0 Å². The average molecular weight is 427 g/mol. The minimum Gasteiger partial charge on any atom is -0.481 e. The minimum atomic E-state index is -1.27. The normalized spacial score (nSPS) is 13.2. The van der Waals surface area contributed by atoms with Gasteiger partial charge >= 0.3 is 5.97 Å². The predicted octanol–water partition coefficient (Wildman–Crippen LogP) is 5.75. The molecule has 162 valence electrons. The molecule has 0 aliphatic carbocycles. The maximum Gasteiger partial charge on any atom is 0.304 e. The Hall–Kier alpha value is -3.12. The van der Waals surface area contributed by atoms with Crippen LogP contribution in [-0.2, 0) is 17.8 Å². The van der Waals surface area contributed by atoms with Crippen LogP contribution in [-0.4, -0.2) is 22.0 Å². The van der Waals surface area contributed by atoms with Gasteiger partial charge in [-0.1, -0.05) is 60.7 Å². The van der Waals surface area contributed by atoms with E-state index in [1.165, 1.54) is 0 Å². The van der Waals surface area contributed by atoms with E-state index < -0.39 is 29.5 Å². The molecule has 0 spiro atoms. The summed E-state index contributed by atoms with van der Waals surface area (Å²) in [5, 5.41) is 9.54. The Bertz CT molecular complexity index is 1010. The molecule has 3 aromatic carbocycles. The van der Waals surface area contributed by atoms with E-state index in [9.17, 15) is 23.1 Å². The number of nitrogens with zero attached hydrogens (tertiary/aromatic N) is 1. The van der Waals surface area contributed by atoms with E-state index in [0.717, 1.165) is 17.2 Å². The number of benzene rings is 3. The maximum atomic E-state index is 14.4. The van der Waals surface area contributed by atoms with E-state index in [0.29, 0.717) is 12.6 Å². The third-order valence-electron chi connectivity index (χ3n) is 5.41. The second-order valence-electron chi connectivity index (χ2n) is 7.56. The number of carboxylic acid groups (broad SMARTS) is 1. The van der Waals surface area contributed by atoms with Gasteiger partial charge in [-0.2, -0.15) is 0 Å². The van der Waals surface area contributed by atoms with Crippen molar-refractivity contribution in [1.82, 2.24) is 4.90 Å². The van der Waals surface area contributed by atoms with Crippen molar-refractivity contribution >= 4 is 5.97 Å². The lowest BCUT2D eigenvalue weighted by atomic mass is 9.96. The average Bonchev–Trinajstić information content (AvgIpc) is 2.76. The molecule has 6 heteroatoms. The number of halogens is 3. The van der Waals surface area contributed by atoms with Crippen LogP contribution in [0.25, 0.3) is 0 Å². The fraction of sp³-hybridized carbons (Fsp3) is 0.240. The molecule has 1 N–H and O–H groups in total. The highest BCUT2D eigenvalue weighted by Crippen LogP contribution is 2.29. The van der Waals surface area contributed by atoms with Gasteiger partial charge in [-0.15, -0.1) is 0 Å². The van der Waals surface area contributed by atoms with Crippen LogP contribution in [0, 0.1) is 17.5 Å². The van der Waals surface area contributed by atoms with E-state index in [-0.39, 0.29) is 24.4 Å². The van der Waals surface area contributed by atoms with Crippen LogP contribution in [0.3, 0.4) is 0 Å². The highest BCUT2D eigenvalue weighted by Gasteiger charge is 2.28. The van der Waals surface area contributed by atoms with Crippen molar-refractivity contribution in [2.45, 2.75) is 38.4 Å². The Morgan fingerprint density at radius 3 is 2.10 bits per heavy atom. The molecule has 31 heavy (non-hydrogen) atoms. The smallest absolute Gasteiger partial charge is 0.304 e. The van der Waals surface area contributed by atoms with E-state index in [2.05, 4.69) is 0 Å². The van der Waals surface area contributed by atoms with E-state index in [1.54, 1.807) is 0 Å². The molecule has 0 aromatic heterocycles. The predicted molar refractivity (Wildman–Crippen MR) is 113 cm³/mol. The number of rotatable bonds is 9. The highest BCUT2D eigenvalue weighted by molar-refractivity contribution is 5.67. The van der Waals surface area contributed by atoms with Gasteiger partial charge in [0.2, 0.25) is 0 Å². The molecular formula is C25H24F3NO2. The topological polar surface area (TPSA) is 40.5 Å². The molecule has 0 unspecified atom stereocenters. The summed E-state index contributed by atoms with van der Waals surface area (Å²) in [6, 6.07) is 19.6. The van der Waals surface area contributed by atoms with Crippen molar-refractivity contribution in [1.29, 1.82) is 0 Å². The third-order valence-corrected chi connectivity index (χ3v) is 5.41. The molecule has 3 nitrogen and oxygen atoms in total. The molecular weight excluding hydrogens is 403 g/mol. The lowest BCUT2D eigenvalue weighted by Gasteiger charge is -2.36. The number of aliphatic carboxylic acids is 1. The Kier molecular flexibility index (Phi) is 7.47. The Balaban J connectivity index is 2.00. The Morgan fingerprint density at radius 2 is 1.48 bits per heavy atom. The summed E-state index contributed by atoms with van der Waals surface area (Å²) in [6.45, 7) is 2.37. The van der Waals surface area contributed by atoms with Gasteiger partial charge in [-0.25, -0.2) is 13.2 Å². The summed E-state index contributed by atoms with van der Waals surface area (Å²) in [6.07, 6.45) is -0.345. The van der Waals surface area contributed by atoms with Crippen LogP contribution in [0.2, 0.25) is 0 Å².